The largest absolute Gasteiger partial charge is 0.437 e. The van der Waals surface area contributed by atoms with Gasteiger partial charge in [-0.25, -0.2) is 17.2 Å². The summed E-state index contributed by atoms with van der Waals surface area (Å²) in [5, 5.41) is 3.44. The predicted octanol–water partition coefficient (Wildman–Crippen LogP) is 6.50. The van der Waals surface area contributed by atoms with Crippen molar-refractivity contribution in [3.63, 3.8) is 0 Å². The van der Waals surface area contributed by atoms with Gasteiger partial charge in [0.15, 0.2) is 5.82 Å². The Morgan fingerprint density at radius 2 is 1.78 bits per heavy atom. The first kappa shape index (κ1) is 29.6. The van der Waals surface area contributed by atoms with Crippen LogP contribution in [0.5, 0.6) is 0 Å². The van der Waals surface area contributed by atoms with Gasteiger partial charge < -0.3 is 14.3 Å². The number of hydrogen-bond donors (Lipinski definition) is 1. The molecule has 1 N–H and O–H groups in total. The lowest BCUT2D eigenvalue weighted by atomic mass is 9.86. The second kappa shape index (κ2) is 10.2. The molecule has 4 aromatic heterocycles. The van der Waals surface area contributed by atoms with E-state index >= 15 is 0 Å². The highest BCUT2D eigenvalue weighted by molar-refractivity contribution is 7.92. The number of pyridine rings is 2. The minimum Gasteiger partial charge on any atom is -0.437 e. The van der Waals surface area contributed by atoms with Crippen molar-refractivity contribution < 1.29 is 26.4 Å². The Hall–Kier alpha value is -5.10. The van der Waals surface area contributed by atoms with Gasteiger partial charge in [0.05, 0.1) is 34.1 Å². The summed E-state index contributed by atoms with van der Waals surface area (Å²) < 4.78 is 63.6. The van der Waals surface area contributed by atoms with Crippen LogP contribution in [-0.2, 0) is 22.0 Å². The average molecular weight is 642 g/mol. The molecule has 1 aliphatic heterocycles. The third-order valence-corrected chi connectivity index (χ3v) is 9.75. The average Bonchev–Trinajstić information content (AvgIpc) is 3.60. The highest BCUT2D eigenvalue weighted by atomic mass is 32.2. The minimum absolute atomic E-state index is 0.0162. The number of amides is 1. The van der Waals surface area contributed by atoms with Gasteiger partial charge >= 0.3 is 0 Å². The predicted molar refractivity (Wildman–Crippen MR) is 173 cm³/mol. The zero-order valence-corrected chi connectivity index (χ0v) is 26.5. The molecule has 234 valence electrons. The first-order valence-electron chi connectivity index (χ1n) is 14.5. The molecule has 0 saturated carbocycles. The second-order valence-electron chi connectivity index (χ2n) is 12.1. The molecule has 1 amide bonds. The van der Waals surface area contributed by atoms with E-state index in [1.54, 1.807) is 18.3 Å². The van der Waals surface area contributed by atoms with Crippen LogP contribution in [0.2, 0.25) is 0 Å². The van der Waals surface area contributed by atoms with E-state index in [1.807, 2.05) is 18.2 Å². The van der Waals surface area contributed by atoms with Gasteiger partial charge in [-0.05, 0) is 80.4 Å². The smallest absolute Gasteiger partial charge is 0.255 e. The monoisotopic (exact) mass is 641 g/mol. The quantitative estimate of drug-likeness (QED) is 0.230. The number of anilines is 1. The van der Waals surface area contributed by atoms with Crippen LogP contribution in [0.4, 0.5) is 14.6 Å². The van der Waals surface area contributed by atoms with Crippen LogP contribution in [0.3, 0.4) is 0 Å². The molecule has 1 aliphatic rings. The second-order valence-corrected chi connectivity index (χ2v) is 14.1. The number of benzene rings is 2. The zero-order chi connectivity index (χ0) is 32.7. The van der Waals surface area contributed by atoms with Crippen LogP contribution >= 0.6 is 0 Å². The summed E-state index contributed by atoms with van der Waals surface area (Å²) in [5.74, 6) is -1.06. The number of nitrogens with one attached hydrogen (secondary N) is 1. The summed E-state index contributed by atoms with van der Waals surface area (Å²) in [4.78, 5) is 22.6. The molecule has 0 bridgehead atoms. The third-order valence-electron chi connectivity index (χ3n) is 8.58. The molecule has 0 fully saturated rings. The number of hydrogen-bond acceptors (Lipinski definition) is 6. The van der Waals surface area contributed by atoms with Crippen LogP contribution in [0, 0.1) is 11.6 Å². The number of aromatic nitrogens is 3. The molecule has 2 aromatic carbocycles. The minimum atomic E-state index is -3.81. The molecular weight excluding hydrogens is 612 g/mol. The summed E-state index contributed by atoms with van der Waals surface area (Å²) in [6.45, 7) is 4.18. The van der Waals surface area contributed by atoms with Crippen molar-refractivity contribution in [1.29, 1.82) is 0 Å². The molecule has 12 heteroatoms. The Bertz CT molecular complexity index is 2340. The van der Waals surface area contributed by atoms with Crippen molar-refractivity contribution >= 4 is 43.8 Å². The maximum absolute atomic E-state index is 15.0. The van der Waals surface area contributed by atoms with Crippen molar-refractivity contribution in [1.82, 2.24) is 19.9 Å². The normalized spacial score (nSPS) is 13.9. The molecule has 5 heterocycles. The van der Waals surface area contributed by atoms with E-state index in [0.717, 1.165) is 32.9 Å². The fraction of sp³-hybridized carbons (Fsp3) is 0.206. The Balaban J connectivity index is 1.51. The molecule has 0 aliphatic carbocycles. The lowest BCUT2D eigenvalue weighted by Gasteiger charge is -2.36. The molecule has 7 rings (SSSR count). The van der Waals surface area contributed by atoms with E-state index < -0.39 is 21.7 Å². The highest BCUT2D eigenvalue weighted by Crippen LogP contribution is 2.45. The van der Waals surface area contributed by atoms with E-state index in [2.05, 4.69) is 28.7 Å². The van der Waals surface area contributed by atoms with Gasteiger partial charge in [0.25, 0.3) is 5.91 Å². The maximum Gasteiger partial charge on any atom is 0.255 e. The Morgan fingerprint density at radius 1 is 1.04 bits per heavy atom. The fourth-order valence-corrected chi connectivity index (χ4v) is 6.81. The summed E-state index contributed by atoms with van der Waals surface area (Å²) >= 11 is 0. The van der Waals surface area contributed by atoms with E-state index in [1.165, 1.54) is 44.4 Å². The molecule has 0 spiro atoms. The number of sulfonamides is 1. The fourth-order valence-electron chi connectivity index (χ4n) is 6.36. The number of nitrogens with zero attached hydrogens (tertiary/aromatic N) is 4. The Labute approximate surface area is 263 Å². The zero-order valence-electron chi connectivity index (χ0n) is 25.6. The van der Waals surface area contributed by atoms with Gasteiger partial charge in [0.1, 0.15) is 17.4 Å². The standard InChI is InChI=1S/C34H29F2N5O4S/c1-34(2)16-19-17-38-26(14-21(19)28-15-22-25(36)7-6-8-27(22)41(28)34)23-13-24-29(32(42)37-3)30(18-9-11-20(35)12-10-18)45-33(24)39-31(23)40(4)46(5,43)44/h6-15,17H,16H2,1-5H3,(H,37,42). The van der Waals surface area contributed by atoms with Gasteiger partial charge in [-0.3, -0.25) is 14.1 Å². The number of halogens is 2. The van der Waals surface area contributed by atoms with Crippen molar-refractivity contribution in [2.45, 2.75) is 25.8 Å². The van der Waals surface area contributed by atoms with Gasteiger partial charge in [0.2, 0.25) is 15.7 Å². The van der Waals surface area contributed by atoms with Crippen LogP contribution in [0.15, 0.2) is 71.3 Å². The van der Waals surface area contributed by atoms with E-state index in [9.17, 15) is 22.0 Å². The van der Waals surface area contributed by atoms with Gasteiger partial charge in [0, 0.05) is 47.9 Å². The topological polar surface area (TPSA) is 110 Å². The highest BCUT2D eigenvalue weighted by Gasteiger charge is 2.34. The summed E-state index contributed by atoms with van der Waals surface area (Å²) in [7, 11) is -0.956. The number of carbonyl (C=O) groups excluding carboxylic acids is 1. The summed E-state index contributed by atoms with van der Waals surface area (Å²) in [6, 6.07) is 15.8. The first-order chi connectivity index (χ1) is 21.8. The lowest BCUT2D eigenvalue weighted by Crippen LogP contribution is -2.33. The molecular formula is C34H29F2N5O4S. The molecule has 9 nitrogen and oxygen atoms in total. The van der Waals surface area contributed by atoms with Crippen molar-refractivity contribution in [3.8, 4) is 33.8 Å². The summed E-state index contributed by atoms with van der Waals surface area (Å²) in [6.07, 6.45) is 3.43. The van der Waals surface area contributed by atoms with Crippen molar-refractivity contribution in [2.75, 3.05) is 24.7 Å². The van der Waals surface area contributed by atoms with Crippen LogP contribution in [0.25, 0.3) is 55.8 Å². The SMILES string of the molecule is CNC(=O)c1c(-c2ccc(F)cc2)oc2nc(N(C)S(C)(=O)=O)c(-c3cc4c(cn3)CC(C)(C)n3c-4cc4c(F)cccc43)cc12. The Morgan fingerprint density at radius 3 is 2.48 bits per heavy atom. The van der Waals surface area contributed by atoms with Gasteiger partial charge in [-0.2, -0.15) is 4.98 Å². The molecule has 46 heavy (non-hydrogen) atoms. The van der Waals surface area contributed by atoms with E-state index in [-0.39, 0.29) is 34.2 Å². The molecule has 0 saturated heterocycles. The lowest BCUT2D eigenvalue weighted by molar-refractivity contribution is 0.0964. The maximum atomic E-state index is 15.0. The van der Waals surface area contributed by atoms with Crippen LogP contribution < -0.4 is 9.62 Å². The number of fused-ring (bicyclic) bond motifs is 6. The molecule has 0 radical (unpaired) electrons. The Kier molecular flexibility index (Phi) is 6.57. The molecule has 6 aromatic rings. The van der Waals surface area contributed by atoms with Gasteiger partial charge in [-0.15, -0.1) is 0 Å². The van der Waals surface area contributed by atoms with Crippen LogP contribution in [-0.4, -0.2) is 49.2 Å². The first-order valence-corrected chi connectivity index (χ1v) is 16.3. The van der Waals surface area contributed by atoms with Gasteiger partial charge in [-0.1, -0.05) is 6.07 Å². The number of carbonyl (C=O) groups is 1. The third kappa shape index (κ3) is 4.54. The van der Waals surface area contributed by atoms with Crippen LogP contribution in [0.1, 0.15) is 29.8 Å². The number of furan rings is 1. The number of rotatable bonds is 5. The molecule has 0 atom stereocenters. The summed E-state index contributed by atoms with van der Waals surface area (Å²) in [5.41, 5.74) is 4.29. The van der Waals surface area contributed by atoms with Crippen molar-refractivity contribution in [3.05, 3.63) is 89.6 Å². The van der Waals surface area contributed by atoms with E-state index in [4.69, 9.17) is 9.40 Å². The van der Waals surface area contributed by atoms with Crippen molar-refractivity contribution in [2.24, 2.45) is 0 Å². The molecule has 0 unspecified atom stereocenters. The van der Waals surface area contributed by atoms with E-state index in [0.29, 0.717) is 34.0 Å².